The lowest BCUT2D eigenvalue weighted by Crippen LogP contribution is -2.42. The highest BCUT2D eigenvalue weighted by atomic mass is 35.6. The molecule has 1 N–H and O–H groups in total. The van der Waals surface area contributed by atoms with Crippen molar-refractivity contribution in [1.29, 1.82) is 0 Å². The molecule has 1 heterocycles. The van der Waals surface area contributed by atoms with Crippen LogP contribution in [0.4, 0.5) is 0 Å². The molecule has 1 aromatic carbocycles. The summed E-state index contributed by atoms with van der Waals surface area (Å²) in [5.41, 5.74) is 0.864. The first-order chi connectivity index (χ1) is 9.48. The number of halogens is 3. The van der Waals surface area contributed by atoms with E-state index in [1.54, 1.807) is 0 Å². The minimum absolute atomic E-state index is 0.604. The zero-order valence-electron chi connectivity index (χ0n) is 10.7. The van der Waals surface area contributed by atoms with E-state index >= 15 is 0 Å². The van der Waals surface area contributed by atoms with Gasteiger partial charge in [-0.3, -0.25) is 0 Å². The van der Waals surface area contributed by atoms with Gasteiger partial charge >= 0.3 is 0 Å². The van der Waals surface area contributed by atoms with Crippen LogP contribution >= 0.6 is 34.8 Å². The highest BCUT2D eigenvalue weighted by Gasteiger charge is 2.32. The molecule has 1 aliphatic heterocycles. The largest absolute Gasteiger partial charge is 0.378 e. The van der Waals surface area contributed by atoms with Crippen molar-refractivity contribution in [2.24, 2.45) is 4.99 Å². The molecule has 1 aliphatic rings. The van der Waals surface area contributed by atoms with Gasteiger partial charge in [0.1, 0.15) is 5.84 Å². The number of amidine groups is 1. The van der Waals surface area contributed by atoms with Crippen LogP contribution in [0, 0.1) is 0 Å². The Balaban J connectivity index is 2.31. The van der Waals surface area contributed by atoms with Crippen molar-refractivity contribution in [2.75, 3.05) is 26.3 Å². The predicted octanol–water partition coefficient (Wildman–Crippen LogP) is 2.45. The highest BCUT2D eigenvalue weighted by Crippen LogP contribution is 2.31. The first-order valence-corrected chi connectivity index (χ1v) is 7.32. The van der Waals surface area contributed by atoms with Crippen LogP contribution in [0.3, 0.4) is 0 Å². The van der Waals surface area contributed by atoms with E-state index in [1.807, 2.05) is 35.2 Å². The first-order valence-electron chi connectivity index (χ1n) is 6.19. The molecule has 4 nitrogen and oxygen atoms in total. The van der Waals surface area contributed by atoms with Gasteiger partial charge in [-0.2, -0.15) is 0 Å². The third-order valence-electron chi connectivity index (χ3n) is 2.88. The van der Waals surface area contributed by atoms with Gasteiger partial charge in [0.05, 0.1) is 13.2 Å². The summed E-state index contributed by atoms with van der Waals surface area (Å²) in [6.07, 6.45) is -1.43. The van der Waals surface area contributed by atoms with E-state index in [2.05, 4.69) is 4.99 Å². The maximum Gasteiger partial charge on any atom is 0.236 e. The summed E-state index contributed by atoms with van der Waals surface area (Å²) in [7, 11) is 0. The fourth-order valence-corrected chi connectivity index (χ4v) is 2.04. The monoisotopic (exact) mass is 336 g/mol. The smallest absolute Gasteiger partial charge is 0.236 e. The van der Waals surface area contributed by atoms with Crippen LogP contribution in [0.5, 0.6) is 0 Å². The van der Waals surface area contributed by atoms with E-state index in [-0.39, 0.29) is 0 Å². The minimum Gasteiger partial charge on any atom is -0.378 e. The van der Waals surface area contributed by atoms with Gasteiger partial charge < -0.3 is 14.7 Å². The second-order valence-electron chi connectivity index (χ2n) is 4.33. The third-order valence-corrected chi connectivity index (χ3v) is 3.47. The van der Waals surface area contributed by atoms with Crippen molar-refractivity contribution in [2.45, 2.75) is 10.0 Å². The number of morpholine rings is 1. The molecule has 110 valence electrons. The van der Waals surface area contributed by atoms with E-state index in [9.17, 15) is 5.11 Å². The van der Waals surface area contributed by atoms with Crippen LogP contribution in [-0.4, -0.2) is 52.2 Å². The van der Waals surface area contributed by atoms with E-state index in [1.165, 1.54) is 0 Å². The number of rotatable bonds is 2. The summed E-state index contributed by atoms with van der Waals surface area (Å²) in [4.78, 5) is 6.20. The van der Waals surface area contributed by atoms with Crippen molar-refractivity contribution in [3.8, 4) is 0 Å². The molecular weight excluding hydrogens is 323 g/mol. The number of benzene rings is 1. The molecule has 0 radical (unpaired) electrons. The lowest BCUT2D eigenvalue weighted by Gasteiger charge is -2.31. The van der Waals surface area contributed by atoms with Crippen LogP contribution in [0.2, 0.25) is 0 Å². The summed E-state index contributed by atoms with van der Waals surface area (Å²) >= 11 is 17.1. The molecule has 0 saturated carbocycles. The quantitative estimate of drug-likeness (QED) is 0.512. The highest BCUT2D eigenvalue weighted by molar-refractivity contribution is 6.68. The molecule has 0 amide bonds. The molecule has 7 heteroatoms. The Kier molecular flexibility index (Phi) is 5.52. The Morgan fingerprint density at radius 3 is 2.35 bits per heavy atom. The number of ether oxygens (including phenoxy) is 1. The maximum atomic E-state index is 9.91. The molecule has 0 aliphatic carbocycles. The standard InChI is InChI=1S/C13H15Cl3N2O2/c14-13(15,16)12(19)17-11(10-4-2-1-3-5-10)18-6-8-20-9-7-18/h1-5,12,19H,6-9H2. The average Bonchev–Trinajstić information content (AvgIpc) is 2.45. The lowest BCUT2D eigenvalue weighted by molar-refractivity contribution is 0.0672. The maximum absolute atomic E-state index is 9.91. The molecule has 2 rings (SSSR count). The molecule has 0 aromatic heterocycles. The van der Waals surface area contributed by atoms with E-state index in [0.717, 1.165) is 5.56 Å². The zero-order chi connectivity index (χ0) is 14.6. The number of hydrogen-bond donors (Lipinski definition) is 1. The number of aliphatic hydroxyl groups excluding tert-OH is 1. The molecule has 0 spiro atoms. The van der Waals surface area contributed by atoms with Crippen LogP contribution in [0.15, 0.2) is 35.3 Å². The van der Waals surface area contributed by atoms with Gasteiger partial charge in [0, 0.05) is 18.7 Å². The van der Waals surface area contributed by atoms with E-state index in [4.69, 9.17) is 39.5 Å². The number of hydrogen-bond acceptors (Lipinski definition) is 3. The molecule has 1 atom stereocenters. The molecule has 1 saturated heterocycles. The summed E-state index contributed by atoms with van der Waals surface area (Å²) in [6, 6.07) is 9.50. The minimum atomic E-state index is -1.85. The molecule has 20 heavy (non-hydrogen) atoms. The van der Waals surface area contributed by atoms with Crippen LogP contribution < -0.4 is 0 Å². The summed E-state index contributed by atoms with van der Waals surface area (Å²) in [5, 5.41) is 9.91. The molecule has 1 unspecified atom stereocenters. The van der Waals surface area contributed by atoms with Gasteiger partial charge in [-0.25, -0.2) is 4.99 Å². The fraction of sp³-hybridized carbons (Fsp3) is 0.462. The van der Waals surface area contributed by atoms with E-state index < -0.39 is 10.0 Å². The number of aliphatic imine (C=N–C) groups is 1. The predicted molar refractivity (Wildman–Crippen MR) is 81.7 cm³/mol. The lowest BCUT2D eigenvalue weighted by atomic mass is 10.2. The fourth-order valence-electron chi connectivity index (χ4n) is 1.89. The van der Waals surface area contributed by atoms with Gasteiger partial charge in [-0.1, -0.05) is 65.1 Å². The normalized spacial score (nSPS) is 19.0. The molecule has 1 fully saturated rings. The third kappa shape index (κ3) is 4.24. The van der Waals surface area contributed by atoms with Gasteiger partial charge in [-0.15, -0.1) is 0 Å². The summed E-state index contributed by atoms with van der Waals surface area (Å²) in [5.74, 6) is 0.604. The summed E-state index contributed by atoms with van der Waals surface area (Å²) < 4.78 is 3.47. The van der Waals surface area contributed by atoms with Crippen LogP contribution in [0.1, 0.15) is 5.56 Å². The Bertz CT molecular complexity index is 456. The SMILES string of the molecule is OC(N=C(c1ccccc1)N1CCOCC1)C(Cl)(Cl)Cl. The van der Waals surface area contributed by atoms with Crippen molar-refractivity contribution in [1.82, 2.24) is 4.90 Å². The molecular formula is C13H15Cl3N2O2. The Hall–Kier alpha value is -0.520. The summed E-state index contributed by atoms with van der Waals surface area (Å²) in [6.45, 7) is 2.58. The second kappa shape index (κ2) is 6.96. The van der Waals surface area contributed by atoms with Gasteiger partial charge in [0.25, 0.3) is 0 Å². The number of nitrogens with zero attached hydrogens (tertiary/aromatic N) is 2. The van der Waals surface area contributed by atoms with Crippen LogP contribution in [-0.2, 0) is 4.74 Å². The first kappa shape index (κ1) is 15.9. The van der Waals surface area contributed by atoms with Crippen molar-refractivity contribution in [3.63, 3.8) is 0 Å². The van der Waals surface area contributed by atoms with Gasteiger partial charge in [-0.05, 0) is 0 Å². The second-order valence-corrected chi connectivity index (χ2v) is 6.70. The van der Waals surface area contributed by atoms with Crippen LogP contribution in [0.25, 0.3) is 0 Å². The Morgan fingerprint density at radius 2 is 1.80 bits per heavy atom. The van der Waals surface area contributed by atoms with E-state index in [0.29, 0.717) is 32.1 Å². The topological polar surface area (TPSA) is 45.1 Å². The zero-order valence-corrected chi connectivity index (χ0v) is 12.9. The number of aliphatic hydroxyl groups is 1. The average molecular weight is 338 g/mol. The molecule has 1 aromatic rings. The van der Waals surface area contributed by atoms with Crippen molar-refractivity contribution < 1.29 is 9.84 Å². The Morgan fingerprint density at radius 1 is 1.20 bits per heavy atom. The van der Waals surface area contributed by atoms with Gasteiger partial charge in [0.15, 0.2) is 6.23 Å². The van der Waals surface area contributed by atoms with Gasteiger partial charge in [0.2, 0.25) is 3.79 Å². The van der Waals surface area contributed by atoms with Crippen molar-refractivity contribution in [3.05, 3.63) is 35.9 Å². The Labute approximate surface area is 132 Å². The van der Waals surface area contributed by atoms with Crippen molar-refractivity contribution >= 4 is 40.6 Å². The number of alkyl halides is 3. The molecule has 0 bridgehead atoms.